The minimum absolute atomic E-state index is 0.0563. The first kappa shape index (κ1) is 22.6. The molecule has 0 atom stereocenters. The summed E-state index contributed by atoms with van der Waals surface area (Å²) in [6.07, 6.45) is 1.64. The maximum Gasteiger partial charge on any atom is 0.410 e. The van der Waals surface area contributed by atoms with E-state index in [1.165, 1.54) is 0 Å². The Bertz CT molecular complexity index is 1050. The average molecular weight is 455 g/mol. The molecule has 2 heterocycles. The molecule has 0 bridgehead atoms. The quantitative estimate of drug-likeness (QED) is 0.607. The van der Waals surface area contributed by atoms with Crippen LogP contribution < -0.4 is 21.1 Å². The van der Waals surface area contributed by atoms with Gasteiger partial charge in [0.1, 0.15) is 17.5 Å². The molecular formula is C23H30N6O4. The summed E-state index contributed by atoms with van der Waals surface area (Å²) in [5.74, 6) is 0.566. The zero-order valence-corrected chi connectivity index (χ0v) is 19.3. The van der Waals surface area contributed by atoms with Gasteiger partial charge in [0.05, 0.1) is 5.69 Å². The number of amides is 2. The molecule has 33 heavy (non-hydrogen) atoms. The van der Waals surface area contributed by atoms with Crippen molar-refractivity contribution in [1.29, 1.82) is 0 Å². The Morgan fingerprint density at radius 2 is 1.91 bits per heavy atom. The van der Waals surface area contributed by atoms with Crippen LogP contribution in [0.1, 0.15) is 44.1 Å². The van der Waals surface area contributed by atoms with E-state index in [2.05, 4.69) is 20.8 Å². The lowest BCUT2D eigenvalue weighted by Gasteiger charge is -2.58. The summed E-state index contributed by atoms with van der Waals surface area (Å²) in [4.78, 5) is 25.6. The summed E-state index contributed by atoms with van der Waals surface area (Å²) in [5, 5.41) is 13.8. The fraction of sp³-hybridized carbons (Fsp3) is 0.478. The number of hydrogen-bond acceptors (Lipinski definition) is 8. The van der Waals surface area contributed by atoms with E-state index in [-0.39, 0.29) is 23.3 Å². The standard InChI is InChI=1S/C23H30N6O4/c1-22(2,3)33-21(31)29-12-23(13-29)10-16(11-23)32-15-7-5-6-14(8-15)26-17-9-18(25-4)27-28-19(17)20(24)30/h5-9,16H,10-13H2,1-4H3,(H2,24,30)(H2,25,26,27). The van der Waals surface area contributed by atoms with E-state index in [1.54, 1.807) is 18.0 Å². The van der Waals surface area contributed by atoms with Gasteiger partial charge in [0.2, 0.25) is 0 Å². The number of primary amides is 1. The lowest BCUT2D eigenvalue weighted by Crippen LogP contribution is -2.66. The van der Waals surface area contributed by atoms with Crippen LogP contribution in [0.4, 0.5) is 22.0 Å². The molecule has 2 amide bonds. The van der Waals surface area contributed by atoms with Crippen LogP contribution in [0.3, 0.4) is 0 Å². The highest BCUT2D eigenvalue weighted by atomic mass is 16.6. The van der Waals surface area contributed by atoms with Gasteiger partial charge in [-0.15, -0.1) is 10.2 Å². The Labute approximate surface area is 192 Å². The number of nitrogens with one attached hydrogen (secondary N) is 2. The summed E-state index contributed by atoms with van der Waals surface area (Å²) in [6.45, 7) is 7.03. The van der Waals surface area contributed by atoms with Crippen LogP contribution in [0.2, 0.25) is 0 Å². The largest absolute Gasteiger partial charge is 0.490 e. The molecule has 2 aromatic rings. The number of ether oxygens (including phenoxy) is 2. The van der Waals surface area contributed by atoms with Crippen molar-refractivity contribution in [2.75, 3.05) is 30.8 Å². The Kier molecular flexibility index (Phi) is 5.77. The van der Waals surface area contributed by atoms with Crippen molar-refractivity contribution in [3.8, 4) is 5.75 Å². The van der Waals surface area contributed by atoms with Crippen LogP contribution in [0, 0.1) is 5.41 Å². The van der Waals surface area contributed by atoms with Crippen molar-refractivity contribution in [1.82, 2.24) is 15.1 Å². The van der Waals surface area contributed by atoms with Crippen molar-refractivity contribution in [2.24, 2.45) is 11.1 Å². The minimum Gasteiger partial charge on any atom is -0.490 e. The van der Waals surface area contributed by atoms with Crippen LogP contribution in [0.5, 0.6) is 5.75 Å². The first-order chi connectivity index (χ1) is 15.6. The zero-order valence-electron chi connectivity index (χ0n) is 19.3. The topological polar surface area (TPSA) is 132 Å². The van der Waals surface area contributed by atoms with Crippen LogP contribution in [0.15, 0.2) is 30.3 Å². The second-order valence-corrected chi connectivity index (χ2v) is 9.74. The molecule has 1 spiro atoms. The summed E-state index contributed by atoms with van der Waals surface area (Å²) < 4.78 is 11.6. The molecule has 176 valence electrons. The normalized spacial score (nSPS) is 17.0. The van der Waals surface area contributed by atoms with Crippen molar-refractivity contribution in [3.05, 3.63) is 36.0 Å². The number of benzene rings is 1. The molecule has 1 aromatic carbocycles. The molecule has 0 radical (unpaired) electrons. The Morgan fingerprint density at radius 3 is 2.55 bits per heavy atom. The van der Waals surface area contributed by atoms with Crippen LogP contribution >= 0.6 is 0 Å². The molecule has 10 nitrogen and oxygen atoms in total. The van der Waals surface area contributed by atoms with E-state index >= 15 is 0 Å². The van der Waals surface area contributed by atoms with Gasteiger partial charge in [-0.3, -0.25) is 4.79 Å². The first-order valence-electron chi connectivity index (χ1n) is 10.9. The van der Waals surface area contributed by atoms with Crippen molar-refractivity contribution in [3.63, 3.8) is 0 Å². The molecule has 4 rings (SSSR count). The summed E-state index contributed by atoms with van der Waals surface area (Å²) >= 11 is 0. The highest BCUT2D eigenvalue weighted by molar-refractivity contribution is 5.97. The molecule has 4 N–H and O–H groups in total. The van der Waals surface area contributed by atoms with E-state index in [0.717, 1.165) is 24.3 Å². The molecule has 1 aromatic heterocycles. The van der Waals surface area contributed by atoms with E-state index in [9.17, 15) is 9.59 Å². The van der Waals surface area contributed by atoms with Gasteiger partial charge in [0.25, 0.3) is 5.91 Å². The van der Waals surface area contributed by atoms with Gasteiger partial charge in [0, 0.05) is 43.4 Å². The SMILES string of the molecule is CNc1cc(Nc2cccc(OC3CC4(C3)CN(C(=O)OC(C)(C)C)C4)c2)c(C(N)=O)nn1. The number of hydrogen-bond donors (Lipinski definition) is 3. The molecule has 0 unspecified atom stereocenters. The third kappa shape index (κ3) is 5.10. The predicted octanol–water partition coefficient (Wildman–Crippen LogP) is 3.14. The summed E-state index contributed by atoms with van der Waals surface area (Å²) in [6, 6.07) is 9.16. The monoisotopic (exact) mass is 454 g/mol. The maximum atomic E-state index is 12.2. The maximum absolute atomic E-state index is 12.2. The Balaban J connectivity index is 1.33. The van der Waals surface area contributed by atoms with Gasteiger partial charge in [-0.2, -0.15) is 0 Å². The summed E-state index contributed by atoms with van der Waals surface area (Å²) in [5.41, 5.74) is 6.33. The fourth-order valence-electron chi connectivity index (χ4n) is 4.25. The van der Waals surface area contributed by atoms with E-state index in [4.69, 9.17) is 15.2 Å². The molecule has 2 aliphatic rings. The first-order valence-corrected chi connectivity index (χ1v) is 10.9. The van der Waals surface area contributed by atoms with E-state index in [0.29, 0.717) is 24.6 Å². The fourth-order valence-corrected chi connectivity index (χ4v) is 4.25. The number of aromatic nitrogens is 2. The lowest BCUT2D eigenvalue weighted by atomic mass is 9.62. The van der Waals surface area contributed by atoms with E-state index in [1.807, 2.05) is 45.0 Å². The van der Waals surface area contributed by atoms with Crippen LogP contribution in [0.25, 0.3) is 0 Å². The smallest absolute Gasteiger partial charge is 0.410 e. The zero-order chi connectivity index (χ0) is 23.8. The van der Waals surface area contributed by atoms with Gasteiger partial charge in [-0.1, -0.05) is 6.07 Å². The Hall–Kier alpha value is -3.56. The lowest BCUT2D eigenvalue weighted by molar-refractivity contribution is -0.116. The number of anilines is 3. The molecular weight excluding hydrogens is 424 g/mol. The van der Waals surface area contributed by atoms with Gasteiger partial charge in [-0.05, 0) is 45.7 Å². The van der Waals surface area contributed by atoms with Crippen molar-refractivity contribution < 1.29 is 19.1 Å². The average Bonchev–Trinajstić information content (AvgIpc) is 2.67. The second kappa shape index (κ2) is 8.42. The third-order valence-corrected chi connectivity index (χ3v) is 5.72. The second-order valence-electron chi connectivity index (χ2n) is 9.74. The predicted molar refractivity (Wildman–Crippen MR) is 124 cm³/mol. The van der Waals surface area contributed by atoms with Crippen LogP contribution in [-0.2, 0) is 4.74 Å². The molecule has 1 saturated heterocycles. The number of nitrogens with two attached hydrogens (primary N) is 1. The van der Waals surface area contributed by atoms with E-state index < -0.39 is 11.5 Å². The highest BCUT2D eigenvalue weighted by Crippen LogP contribution is 2.50. The minimum atomic E-state index is -0.666. The molecule has 1 aliphatic heterocycles. The summed E-state index contributed by atoms with van der Waals surface area (Å²) in [7, 11) is 1.71. The Morgan fingerprint density at radius 1 is 1.18 bits per heavy atom. The number of carbonyl (C=O) groups is 2. The molecule has 2 fully saturated rings. The van der Waals surface area contributed by atoms with Gasteiger partial charge >= 0.3 is 6.09 Å². The number of carbonyl (C=O) groups excluding carboxylic acids is 2. The molecule has 1 saturated carbocycles. The molecule has 10 heteroatoms. The van der Waals surface area contributed by atoms with Gasteiger partial charge < -0.3 is 30.7 Å². The number of likely N-dealkylation sites (tertiary alicyclic amines) is 1. The van der Waals surface area contributed by atoms with Gasteiger partial charge in [0.15, 0.2) is 11.5 Å². The highest BCUT2D eigenvalue weighted by Gasteiger charge is 2.55. The van der Waals surface area contributed by atoms with Crippen molar-refractivity contribution >= 4 is 29.2 Å². The van der Waals surface area contributed by atoms with Crippen LogP contribution in [-0.4, -0.2) is 58.9 Å². The van der Waals surface area contributed by atoms with Crippen molar-refractivity contribution in [2.45, 2.75) is 45.3 Å². The number of rotatable bonds is 6. The van der Waals surface area contributed by atoms with Gasteiger partial charge in [-0.25, -0.2) is 4.79 Å². The third-order valence-electron chi connectivity index (χ3n) is 5.72. The number of nitrogens with zero attached hydrogens (tertiary/aromatic N) is 3. The molecule has 1 aliphatic carbocycles.